The van der Waals surface area contributed by atoms with Crippen LogP contribution in [-0.2, 0) is 4.74 Å². The molecule has 0 heterocycles. The lowest BCUT2D eigenvalue weighted by atomic mass is 10.0. The molecule has 3 nitrogen and oxygen atoms in total. The Morgan fingerprint density at radius 2 is 1.77 bits per heavy atom. The van der Waals surface area contributed by atoms with Gasteiger partial charge in [-0.1, -0.05) is 13.8 Å². The van der Waals surface area contributed by atoms with Crippen LogP contribution < -0.4 is 9.47 Å². The van der Waals surface area contributed by atoms with Gasteiger partial charge in [0.2, 0.25) is 4.38 Å². The van der Waals surface area contributed by atoms with Gasteiger partial charge in [0.15, 0.2) is 0 Å². The van der Waals surface area contributed by atoms with E-state index in [1.807, 2.05) is 32.9 Å². The fourth-order valence-corrected chi connectivity index (χ4v) is 3.97. The molecule has 0 amide bonds. The summed E-state index contributed by atoms with van der Waals surface area (Å²) in [4.78, 5) is 1.06. The molecule has 2 aromatic rings. The number of thiocarbonyl (C=S) groups is 1. The quantitative estimate of drug-likeness (QED) is 0.407. The maximum absolute atomic E-state index is 6.21. The van der Waals surface area contributed by atoms with Crippen LogP contribution in [0.2, 0.25) is 0 Å². The molecular formula is C21H26O3S2. The molecule has 0 radical (unpaired) electrons. The van der Waals surface area contributed by atoms with E-state index in [0.717, 1.165) is 38.8 Å². The van der Waals surface area contributed by atoms with Crippen molar-refractivity contribution in [3.05, 3.63) is 47.0 Å². The molecule has 2 aromatic carbocycles. The Bertz CT molecular complexity index is 762. The van der Waals surface area contributed by atoms with Gasteiger partial charge in [0.25, 0.3) is 0 Å². The van der Waals surface area contributed by atoms with E-state index in [9.17, 15) is 0 Å². The summed E-state index contributed by atoms with van der Waals surface area (Å²) >= 11 is 6.68. The van der Waals surface area contributed by atoms with E-state index in [2.05, 4.69) is 32.0 Å². The van der Waals surface area contributed by atoms with Crippen LogP contribution in [0, 0.1) is 13.8 Å². The SMILES string of the molecule is CCOC(=S)Sc1cc(C)c(Oc2ccc(OC)c(C(C)C)c2)c(C)c1. The van der Waals surface area contributed by atoms with Crippen LogP contribution in [0.5, 0.6) is 17.2 Å². The van der Waals surface area contributed by atoms with E-state index in [1.165, 1.54) is 11.8 Å². The van der Waals surface area contributed by atoms with Crippen molar-refractivity contribution in [3.63, 3.8) is 0 Å². The predicted molar refractivity (Wildman–Crippen MR) is 113 cm³/mol. The molecule has 0 aliphatic heterocycles. The molecule has 5 heteroatoms. The second kappa shape index (κ2) is 9.28. The number of hydrogen-bond donors (Lipinski definition) is 0. The van der Waals surface area contributed by atoms with Crippen LogP contribution >= 0.6 is 24.0 Å². The lowest BCUT2D eigenvalue weighted by molar-refractivity contribution is 0.346. The number of aryl methyl sites for hydroxylation is 2. The Kier molecular flexibility index (Phi) is 7.35. The first kappa shape index (κ1) is 20.6. The first-order valence-electron chi connectivity index (χ1n) is 8.67. The summed E-state index contributed by atoms with van der Waals surface area (Å²) < 4.78 is 17.6. The van der Waals surface area contributed by atoms with E-state index in [4.69, 9.17) is 26.4 Å². The van der Waals surface area contributed by atoms with Crippen LogP contribution in [0.25, 0.3) is 0 Å². The zero-order valence-corrected chi connectivity index (χ0v) is 17.8. The second-order valence-electron chi connectivity index (χ2n) is 6.33. The Morgan fingerprint density at radius 3 is 2.31 bits per heavy atom. The Hall–Kier alpha value is -1.72. The van der Waals surface area contributed by atoms with Gasteiger partial charge >= 0.3 is 0 Å². The molecule has 0 saturated heterocycles. The zero-order valence-electron chi connectivity index (χ0n) is 16.2. The van der Waals surface area contributed by atoms with Crippen molar-refractivity contribution in [2.45, 2.75) is 45.4 Å². The van der Waals surface area contributed by atoms with Crippen molar-refractivity contribution < 1.29 is 14.2 Å². The van der Waals surface area contributed by atoms with Gasteiger partial charge in [0.05, 0.1) is 13.7 Å². The van der Waals surface area contributed by atoms with Crippen molar-refractivity contribution >= 4 is 28.4 Å². The van der Waals surface area contributed by atoms with Crippen LogP contribution in [-0.4, -0.2) is 18.1 Å². The van der Waals surface area contributed by atoms with Gasteiger partial charge in [-0.05, 0) is 92.1 Å². The van der Waals surface area contributed by atoms with Crippen molar-refractivity contribution in [1.29, 1.82) is 0 Å². The third-order valence-corrected chi connectivity index (χ3v) is 5.06. The van der Waals surface area contributed by atoms with Gasteiger partial charge in [-0.25, -0.2) is 0 Å². The molecule has 0 aliphatic carbocycles. The van der Waals surface area contributed by atoms with E-state index < -0.39 is 0 Å². The van der Waals surface area contributed by atoms with Gasteiger partial charge in [0.1, 0.15) is 17.2 Å². The van der Waals surface area contributed by atoms with E-state index >= 15 is 0 Å². The number of rotatable bonds is 6. The number of methoxy groups -OCH3 is 1. The minimum atomic E-state index is 0.356. The molecule has 0 saturated carbocycles. The summed E-state index contributed by atoms with van der Waals surface area (Å²) in [6.07, 6.45) is 0. The Balaban J connectivity index is 2.27. The first-order valence-corrected chi connectivity index (χ1v) is 9.89. The van der Waals surface area contributed by atoms with E-state index in [0.29, 0.717) is 16.9 Å². The molecule has 0 spiro atoms. The molecule has 0 fully saturated rings. The molecule has 0 unspecified atom stereocenters. The summed E-state index contributed by atoms with van der Waals surface area (Å²) in [5.74, 6) is 2.92. The number of benzene rings is 2. The first-order chi connectivity index (χ1) is 12.3. The third kappa shape index (κ3) is 5.15. The van der Waals surface area contributed by atoms with Crippen LogP contribution in [0.15, 0.2) is 35.2 Å². The Morgan fingerprint density at radius 1 is 1.12 bits per heavy atom. The molecule has 0 aliphatic rings. The molecule has 0 N–H and O–H groups in total. The molecule has 26 heavy (non-hydrogen) atoms. The summed E-state index contributed by atoms with van der Waals surface area (Å²) in [6.45, 7) is 10.9. The molecule has 2 rings (SSSR count). The molecular weight excluding hydrogens is 364 g/mol. The van der Waals surface area contributed by atoms with Crippen LogP contribution in [0.1, 0.15) is 43.4 Å². The lowest BCUT2D eigenvalue weighted by Crippen LogP contribution is -1.98. The molecule has 0 aromatic heterocycles. The van der Waals surface area contributed by atoms with Gasteiger partial charge < -0.3 is 14.2 Å². The maximum Gasteiger partial charge on any atom is 0.224 e. The van der Waals surface area contributed by atoms with Crippen molar-refractivity contribution in [1.82, 2.24) is 0 Å². The maximum atomic E-state index is 6.21. The minimum absolute atomic E-state index is 0.356. The van der Waals surface area contributed by atoms with Crippen molar-refractivity contribution in [3.8, 4) is 17.2 Å². The van der Waals surface area contributed by atoms with Crippen LogP contribution in [0.3, 0.4) is 0 Å². The van der Waals surface area contributed by atoms with Gasteiger partial charge in [-0.2, -0.15) is 0 Å². The summed E-state index contributed by atoms with van der Waals surface area (Å²) in [5, 5.41) is 0. The third-order valence-electron chi connectivity index (χ3n) is 3.94. The summed E-state index contributed by atoms with van der Waals surface area (Å²) in [6, 6.07) is 10.1. The van der Waals surface area contributed by atoms with E-state index in [1.54, 1.807) is 7.11 Å². The fourth-order valence-electron chi connectivity index (χ4n) is 2.72. The largest absolute Gasteiger partial charge is 0.496 e. The highest BCUT2D eigenvalue weighted by molar-refractivity contribution is 8.22. The van der Waals surface area contributed by atoms with E-state index in [-0.39, 0.29) is 0 Å². The van der Waals surface area contributed by atoms with Gasteiger partial charge in [0, 0.05) is 10.5 Å². The summed E-state index contributed by atoms with van der Waals surface area (Å²) in [5.41, 5.74) is 3.26. The number of ether oxygens (including phenoxy) is 3. The van der Waals surface area contributed by atoms with Gasteiger partial charge in [-0.3, -0.25) is 0 Å². The highest BCUT2D eigenvalue weighted by Gasteiger charge is 2.13. The standard InChI is InChI=1S/C21H26O3S2/c1-7-23-21(25)26-17-10-14(4)20(15(5)11-17)24-16-8-9-19(22-6)18(12-16)13(2)3/h8-13H,7H2,1-6H3. The predicted octanol–water partition coefficient (Wildman–Crippen LogP) is 6.64. The highest BCUT2D eigenvalue weighted by Crippen LogP contribution is 2.36. The lowest BCUT2D eigenvalue weighted by Gasteiger charge is -2.17. The number of thioether (sulfide) groups is 1. The average molecular weight is 391 g/mol. The monoisotopic (exact) mass is 390 g/mol. The topological polar surface area (TPSA) is 27.7 Å². The highest BCUT2D eigenvalue weighted by atomic mass is 32.2. The van der Waals surface area contributed by atoms with Crippen molar-refractivity contribution in [2.24, 2.45) is 0 Å². The van der Waals surface area contributed by atoms with Crippen LogP contribution in [0.4, 0.5) is 0 Å². The normalized spacial score (nSPS) is 10.7. The zero-order chi connectivity index (χ0) is 19.3. The average Bonchev–Trinajstić information content (AvgIpc) is 2.58. The summed E-state index contributed by atoms with van der Waals surface area (Å²) in [7, 11) is 1.69. The van der Waals surface area contributed by atoms with Gasteiger partial charge in [-0.15, -0.1) is 0 Å². The molecule has 140 valence electrons. The number of hydrogen-bond acceptors (Lipinski definition) is 5. The smallest absolute Gasteiger partial charge is 0.224 e. The van der Waals surface area contributed by atoms with Crippen molar-refractivity contribution in [2.75, 3.05) is 13.7 Å². The fraction of sp³-hybridized carbons (Fsp3) is 0.381. The Labute approximate surface area is 166 Å². The molecule has 0 atom stereocenters. The second-order valence-corrected chi connectivity index (χ2v) is 8.01. The minimum Gasteiger partial charge on any atom is -0.496 e. The molecule has 0 bridgehead atoms.